The van der Waals surface area contributed by atoms with E-state index < -0.39 is 0 Å². The molecule has 2 aromatic rings. The third-order valence-corrected chi connectivity index (χ3v) is 3.61. The van der Waals surface area contributed by atoms with Crippen LogP contribution < -0.4 is 11.6 Å². The van der Waals surface area contributed by atoms with E-state index >= 15 is 0 Å². The molecule has 6 heteroatoms. The van der Waals surface area contributed by atoms with Crippen LogP contribution in [0.25, 0.3) is 11.3 Å². The molecule has 0 saturated heterocycles. The van der Waals surface area contributed by atoms with Gasteiger partial charge >= 0.3 is 0 Å². The van der Waals surface area contributed by atoms with Crippen LogP contribution in [-0.2, 0) is 5.41 Å². The molecule has 0 aliphatic heterocycles. The molecule has 0 unspecified atom stereocenters. The fourth-order valence-electron chi connectivity index (χ4n) is 1.85. The third-order valence-electron chi connectivity index (χ3n) is 2.81. The molecular formula is C13H16BrClN4. The summed E-state index contributed by atoms with van der Waals surface area (Å²) in [5, 5.41) is 0.583. The molecule has 4 nitrogen and oxygen atoms in total. The van der Waals surface area contributed by atoms with Crippen LogP contribution in [-0.4, -0.2) is 9.66 Å². The number of nitrogen functional groups attached to an aromatic ring is 2. The van der Waals surface area contributed by atoms with E-state index in [-0.39, 0.29) is 5.41 Å². The van der Waals surface area contributed by atoms with E-state index in [1.165, 1.54) is 4.68 Å². The molecule has 4 N–H and O–H groups in total. The highest BCUT2D eigenvalue weighted by Crippen LogP contribution is 2.35. The highest BCUT2D eigenvalue weighted by Gasteiger charge is 2.25. The van der Waals surface area contributed by atoms with Gasteiger partial charge < -0.3 is 11.6 Å². The second kappa shape index (κ2) is 4.72. The van der Waals surface area contributed by atoms with E-state index in [0.717, 1.165) is 15.9 Å². The Morgan fingerprint density at radius 2 is 1.95 bits per heavy atom. The minimum absolute atomic E-state index is 0.192. The molecule has 0 fully saturated rings. The zero-order chi connectivity index (χ0) is 14.4. The van der Waals surface area contributed by atoms with Crippen molar-refractivity contribution < 1.29 is 0 Å². The number of halogens is 2. The molecule has 1 heterocycles. The lowest BCUT2D eigenvalue weighted by molar-refractivity contribution is 0.532. The number of nitrogens with zero attached hydrogens (tertiary/aromatic N) is 2. The maximum Gasteiger partial charge on any atom is 0.150 e. The highest BCUT2D eigenvalue weighted by molar-refractivity contribution is 9.10. The van der Waals surface area contributed by atoms with Crippen LogP contribution in [0.1, 0.15) is 26.6 Å². The van der Waals surface area contributed by atoms with Crippen LogP contribution in [0.4, 0.5) is 5.82 Å². The maximum absolute atomic E-state index is 6.24. The van der Waals surface area contributed by atoms with Crippen LogP contribution in [0.2, 0.25) is 5.02 Å². The van der Waals surface area contributed by atoms with Crippen molar-refractivity contribution in [1.29, 1.82) is 0 Å². The highest BCUT2D eigenvalue weighted by atomic mass is 79.9. The molecule has 0 saturated carbocycles. The summed E-state index contributed by atoms with van der Waals surface area (Å²) in [6.45, 7) is 6.10. The van der Waals surface area contributed by atoms with Gasteiger partial charge in [-0.1, -0.05) is 54.4 Å². The Labute approximate surface area is 125 Å². The standard InChI is InChI=1S/C13H16BrClN4/c1-13(2,3)12-18-10(11(16)19(12)17)8-5-4-7(14)6-9(8)15/h4-6H,16-17H2,1-3H3. The van der Waals surface area contributed by atoms with Crippen molar-refractivity contribution in [3.63, 3.8) is 0 Å². The molecule has 0 bridgehead atoms. The van der Waals surface area contributed by atoms with Crippen LogP contribution >= 0.6 is 27.5 Å². The first-order valence-corrected chi connectivity index (χ1v) is 6.98. The normalized spacial score (nSPS) is 11.8. The minimum atomic E-state index is -0.192. The molecule has 0 atom stereocenters. The average molecular weight is 344 g/mol. The molecule has 0 amide bonds. The van der Waals surface area contributed by atoms with Gasteiger partial charge in [0.2, 0.25) is 0 Å². The largest absolute Gasteiger partial charge is 0.382 e. The topological polar surface area (TPSA) is 69.9 Å². The molecule has 19 heavy (non-hydrogen) atoms. The molecular weight excluding hydrogens is 328 g/mol. The van der Waals surface area contributed by atoms with E-state index in [9.17, 15) is 0 Å². The third kappa shape index (κ3) is 2.58. The summed E-state index contributed by atoms with van der Waals surface area (Å²) >= 11 is 9.61. The Bertz CT molecular complexity index is 628. The van der Waals surface area contributed by atoms with Crippen molar-refractivity contribution in [3.05, 3.63) is 33.5 Å². The molecule has 0 radical (unpaired) electrons. The van der Waals surface area contributed by atoms with Crippen molar-refractivity contribution in [2.45, 2.75) is 26.2 Å². The first-order chi connectivity index (χ1) is 8.71. The van der Waals surface area contributed by atoms with Gasteiger partial charge in [-0.2, -0.15) is 0 Å². The molecule has 0 spiro atoms. The summed E-state index contributed by atoms with van der Waals surface area (Å²) in [7, 11) is 0. The number of benzene rings is 1. The maximum atomic E-state index is 6.24. The Kier molecular flexibility index (Phi) is 3.53. The first-order valence-electron chi connectivity index (χ1n) is 5.81. The van der Waals surface area contributed by atoms with Gasteiger partial charge in [0.1, 0.15) is 11.5 Å². The van der Waals surface area contributed by atoms with Gasteiger partial charge in [-0.25, -0.2) is 9.66 Å². The Morgan fingerprint density at radius 3 is 2.42 bits per heavy atom. The predicted molar refractivity (Wildman–Crippen MR) is 83.6 cm³/mol. The monoisotopic (exact) mass is 342 g/mol. The van der Waals surface area contributed by atoms with Crippen LogP contribution in [0.15, 0.2) is 22.7 Å². The number of aromatic nitrogens is 2. The lowest BCUT2D eigenvalue weighted by atomic mass is 9.96. The van der Waals surface area contributed by atoms with Gasteiger partial charge in [0, 0.05) is 15.5 Å². The van der Waals surface area contributed by atoms with Gasteiger partial charge in [-0.15, -0.1) is 0 Å². The number of hydrogen-bond donors (Lipinski definition) is 2. The van der Waals surface area contributed by atoms with Gasteiger partial charge in [0.25, 0.3) is 0 Å². The van der Waals surface area contributed by atoms with Crippen molar-refractivity contribution in [2.75, 3.05) is 11.6 Å². The van der Waals surface area contributed by atoms with Crippen LogP contribution in [0.3, 0.4) is 0 Å². The molecule has 0 aliphatic carbocycles. The SMILES string of the molecule is CC(C)(C)c1nc(-c2ccc(Br)cc2Cl)c(N)n1N. The average Bonchev–Trinajstić information content (AvgIpc) is 2.56. The predicted octanol–water partition coefficient (Wildman–Crippen LogP) is 3.56. The first kappa shape index (κ1) is 14.2. The second-order valence-electron chi connectivity index (χ2n) is 5.41. The number of anilines is 1. The summed E-state index contributed by atoms with van der Waals surface area (Å²) < 4.78 is 2.33. The van der Waals surface area contributed by atoms with Gasteiger partial charge in [0.15, 0.2) is 5.82 Å². The Balaban J connectivity index is 2.64. The van der Waals surface area contributed by atoms with Crippen LogP contribution in [0.5, 0.6) is 0 Å². The fourth-order valence-corrected chi connectivity index (χ4v) is 2.62. The summed E-state index contributed by atoms with van der Waals surface area (Å²) in [5.74, 6) is 7.12. The van der Waals surface area contributed by atoms with Crippen LogP contribution in [0, 0.1) is 0 Å². The van der Waals surface area contributed by atoms with E-state index in [1.807, 2.05) is 39.0 Å². The summed E-state index contributed by atoms with van der Waals surface area (Å²) in [5.41, 5.74) is 7.24. The lowest BCUT2D eigenvalue weighted by Gasteiger charge is -2.17. The van der Waals surface area contributed by atoms with Crippen molar-refractivity contribution in [1.82, 2.24) is 9.66 Å². The number of nitrogens with two attached hydrogens (primary N) is 2. The summed E-state index contributed by atoms with van der Waals surface area (Å²) in [4.78, 5) is 4.55. The van der Waals surface area contributed by atoms with Crippen molar-refractivity contribution in [3.8, 4) is 11.3 Å². The van der Waals surface area contributed by atoms with E-state index in [0.29, 0.717) is 16.5 Å². The zero-order valence-corrected chi connectivity index (χ0v) is 13.4. The smallest absolute Gasteiger partial charge is 0.150 e. The molecule has 1 aromatic carbocycles. The van der Waals surface area contributed by atoms with E-state index in [4.69, 9.17) is 23.2 Å². The van der Waals surface area contributed by atoms with Gasteiger partial charge in [-0.05, 0) is 12.1 Å². The zero-order valence-electron chi connectivity index (χ0n) is 11.0. The Hall–Kier alpha value is -1.20. The quantitative estimate of drug-likeness (QED) is 0.778. The fraction of sp³-hybridized carbons (Fsp3) is 0.308. The lowest BCUT2D eigenvalue weighted by Crippen LogP contribution is -2.24. The second-order valence-corrected chi connectivity index (χ2v) is 6.74. The van der Waals surface area contributed by atoms with E-state index in [1.54, 1.807) is 0 Å². The van der Waals surface area contributed by atoms with Gasteiger partial charge in [0.05, 0.1) is 5.02 Å². The minimum Gasteiger partial charge on any atom is -0.382 e. The Morgan fingerprint density at radius 1 is 1.32 bits per heavy atom. The molecule has 102 valence electrons. The number of rotatable bonds is 1. The number of imidazole rings is 1. The van der Waals surface area contributed by atoms with Crippen molar-refractivity contribution >= 4 is 33.3 Å². The number of hydrogen-bond acceptors (Lipinski definition) is 3. The summed E-state index contributed by atoms with van der Waals surface area (Å²) in [6, 6.07) is 5.58. The van der Waals surface area contributed by atoms with Gasteiger partial charge in [-0.3, -0.25) is 0 Å². The van der Waals surface area contributed by atoms with E-state index in [2.05, 4.69) is 20.9 Å². The van der Waals surface area contributed by atoms with Crippen molar-refractivity contribution in [2.24, 2.45) is 0 Å². The molecule has 0 aliphatic rings. The molecule has 2 rings (SSSR count). The molecule has 1 aromatic heterocycles. The summed E-state index contributed by atoms with van der Waals surface area (Å²) in [6.07, 6.45) is 0.